The van der Waals surface area contributed by atoms with E-state index in [4.69, 9.17) is 5.73 Å². The zero-order chi connectivity index (χ0) is 8.77. The van der Waals surface area contributed by atoms with Crippen LogP contribution in [0.3, 0.4) is 0 Å². The molecule has 1 aromatic rings. The summed E-state index contributed by atoms with van der Waals surface area (Å²) >= 11 is 0. The van der Waals surface area contributed by atoms with E-state index >= 15 is 0 Å². The first-order valence-corrected chi connectivity index (χ1v) is 4.02. The Kier molecular flexibility index (Phi) is 1.36. The highest BCUT2D eigenvalue weighted by atomic mass is 16.1. The number of rotatable bonds is 1. The summed E-state index contributed by atoms with van der Waals surface area (Å²) in [5.74, 6) is 0.0763. The van der Waals surface area contributed by atoms with Crippen LogP contribution < -0.4 is 5.73 Å². The lowest BCUT2D eigenvalue weighted by atomic mass is 10.1. The molecule has 2 N–H and O–H groups in total. The van der Waals surface area contributed by atoms with Gasteiger partial charge >= 0.3 is 0 Å². The van der Waals surface area contributed by atoms with Gasteiger partial charge in [-0.3, -0.25) is 4.79 Å². The smallest absolute Gasteiger partial charge is 0.163 e. The fourth-order valence-corrected chi connectivity index (χ4v) is 1.56. The van der Waals surface area contributed by atoms with Crippen molar-refractivity contribution in [2.75, 3.05) is 0 Å². The van der Waals surface area contributed by atoms with Gasteiger partial charge in [0, 0.05) is 0 Å². The first-order chi connectivity index (χ1) is 5.64. The quantitative estimate of drug-likeness (QED) is 0.669. The van der Waals surface area contributed by atoms with Crippen molar-refractivity contribution < 1.29 is 4.79 Å². The van der Waals surface area contributed by atoms with Crippen molar-refractivity contribution in [1.29, 1.82) is 0 Å². The predicted octanol–water partition coefficient (Wildman–Crippen LogP) is 1.07. The van der Waals surface area contributed by atoms with Crippen molar-refractivity contribution >= 4 is 5.78 Å². The maximum atomic E-state index is 11.2. The molecular weight excluding hydrogens is 150 g/mol. The average molecular weight is 161 g/mol. The number of ketones is 1. The van der Waals surface area contributed by atoms with Gasteiger partial charge in [0.25, 0.3) is 0 Å². The first-order valence-electron chi connectivity index (χ1n) is 4.02. The molecule has 1 aromatic carbocycles. The molecule has 62 valence electrons. The Morgan fingerprint density at radius 1 is 1.33 bits per heavy atom. The third-order valence-electron chi connectivity index (χ3n) is 2.44. The zero-order valence-corrected chi connectivity index (χ0v) is 6.95. The number of hydrogen-bond acceptors (Lipinski definition) is 2. The molecule has 1 saturated carbocycles. The molecule has 0 radical (unpaired) electrons. The van der Waals surface area contributed by atoms with Gasteiger partial charge in [0.2, 0.25) is 0 Å². The largest absolute Gasteiger partial charge is 0.318 e. The Labute approximate surface area is 71.4 Å². The van der Waals surface area contributed by atoms with Crippen LogP contribution in [0.1, 0.15) is 18.4 Å². The van der Waals surface area contributed by atoms with E-state index in [0.29, 0.717) is 0 Å². The SMILES string of the molecule is CC1(N)C(=O)C1c1ccccc1. The van der Waals surface area contributed by atoms with E-state index in [2.05, 4.69) is 0 Å². The molecule has 0 spiro atoms. The fourth-order valence-electron chi connectivity index (χ4n) is 1.56. The Hall–Kier alpha value is -1.15. The molecule has 0 aliphatic heterocycles. The van der Waals surface area contributed by atoms with Crippen molar-refractivity contribution in [2.24, 2.45) is 5.73 Å². The maximum absolute atomic E-state index is 11.2. The normalized spacial score (nSPS) is 33.5. The van der Waals surface area contributed by atoms with Crippen molar-refractivity contribution in [1.82, 2.24) is 0 Å². The zero-order valence-electron chi connectivity index (χ0n) is 6.95. The van der Waals surface area contributed by atoms with Gasteiger partial charge in [-0.2, -0.15) is 0 Å². The second-order valence-corrected chi connectivity index (χ2v) is 3.49. The van der Waals surface area contributed by atoms with Crippen LogP contribution in [0.15, 0.2) is 30.3 Å². The highest BCUT2D eigenvalue weighted by molar-refractivity contribution is 6.12. The van der Waals surface area contributed by atoms with Crippen LogP contribution in [0.2, 0.25) is 0 Å². The van der Waals surface area contributed by atoms with Crippen LogP contribution in [0, 0.1) is 0 Å². The molecule has 0 bridgehead atoms. The van der Waals surface area contributed by atoms with Crippen LogP contribution >= 0.6 is 0 Å². The van der Waals surface area contributed by atoms with Gasteiger partial charge in [-0.25, -0.2) is 0 Å². The molecular formula is C10H11NO. The van der Waals surface area contributed by atoms with E-state index in [1.54, 1.807) is 6.92 Å². The Balaban J connectivity index is 2.31. The molecule has 0 heterocycles. The number of carbonyl (C=O) groups excluding carboxylic acids is 1. The van der Waals surface area contributed by atoms with Gasteiger partial charge in [0.15, 0.2) is 5.78 Å². The van der Waals surface area contributed by atoms with Crippen molar-refractivity contribution in [3.8, 4) is 0 Å². The molecule has 1 aliphatic rings. The van der Waals surface area contributed by atoms with Gasteiger partial charge in [0.05, 0.1) is 11.5 Å². The first kappa shape index (κ1) is 7.50. The summed E-state index contributed by atoms with van der Waals surface area (Å²) in [5.41, 5.74) is 6.16. The summed E-state index contributed by atoms with van der Waals surface area (Å²) < 4.78 is 0. The standard InChI is InChI=1S/C10H11NO/c1-10(11)8(9(10)12)7-5-3-2-4-6-7/h2-6,8H,11H2,1H3. The molecule has 1 aliphatic carbocycles. The van der Waals surface area contributed by atoms with E-state index in [0.717, 1.165) is 5.56 Å². The summed E-state index contributed by atoms with van der Waals surface area (Å²) in [6.07, 6.45) is 0. The molecule has 2 nitrogen and oxygen atoms in total. The molecule has 2 atom stereocenters. The molecule has 0 saturated heterocycles. The van der Waals surface area contributed by atoms with Crippen molar-refractivity contribution in [2.45, 2.75) is 18.4 Å². The minimum Gasteiger partial charge on any atom is -0.318 e. The lowest BCUT2D eigenvalue weighted by molar-refractivity contribution is -0.111. The summed E-state index contributed by atoms with van der Waals surface area (Å²) in [6, 6.07) is 9.68. The van der Waals surface area contributed by atoms with Gasteiger partial charge in [0.1, 0.15) is 0 Å². The molecule has 1 fully saturated rings. The number of nitrogens with two attached hydrogens (primary N) is 1. The summed E-state index contributed by atoms with van der Waals surface area (Å²) in [4.78, 5) is 11.2. The van der Waals surface area contributed by atoms with E-state index in [1.807, 2.05) is 30.3 Å². The summed E-state index contributed by atoms with van der Waals surface area (Å²) in [5, 5.41) is 0. The van der Waals surface area contributed by atoms with E-state index in [9.17, 15) is 4.79 Å². The minimum atomic E-state index is -0.610. The van der Waals surface area contributed by atoms with Crippen LogP contribution in [0.5, 0.6) is 0 Å². The molecule has 0 amide bonds. The molecule has 2 heteroatoms. The predicted molar refractivity (Wildman–Crippen MR) is 46.8 cm³/mol. The number of Topliss-reactive ketones (excluding diaryl/α,β-unsaturated/α-hetero) is 1. The molecule has 0 aromatic heterocycles. The lowest BCUT2D eigenvalue weighted by Crippen LogP contribution is -2.21. The van der Waals surface area contributed by atoms with Gasteiger partial charge in [-0.15, -0.1) is 0 Å². The van der Waals surface area contributed by atoms with E-state index < -0.39 is 5.54 Å². The lowest BCUT2D eigenvalue weighted by Gasteiger charge is -1.98. The third-order valence-corrected chi connectivity index (χ3v) is 2.44. The van der Waals surface area contributed by atoms with E-state index in [1.165, 1.54) is 0 Å². The van der Waals surface area contributed by atoms with Crippen LogP contribution in [-0.2, 0) is 4.79 Å². The Bertz CT molecular complexity index is 316. The van der Waals surface area contributed by atoms with Crippen LogP contribution in [0.4, 0.5) is 0 Å². The van der Waals surface area contributed by atoms with Gasteiger partial charge < -0.3 is 5.73 Å². The monoisotopic (exact) mass is 161 g/mol. The highest BCUT2D eigenvalue weighted by Gasteiger charge is 2.59. The Morgan fingerprint density at radius 3 is 2.25 bits per heavy atom. The molecule has 2 rings (SSSR count). The molecule has 2 unspecified atom stereocenters. The number of carbonyl (C=O) groups is 1. The van der Waals surface area contributed by atoms with Crippen LogP contribution in [-0.4, -0.2) is 11.3 Å². The van der Waals surface area contributed by atoms with Gasteiger partial charge in [-0.05, 0) is 12.5 Å². The highest BCUT2D eigenvalue weighted by Crippen LogP contribution is 2.44. The third kappa shape index (κ3) is 0.883. The molecule has 12 heavy (non-hydrogen) atoms. The van der Waals surface area contributed by atoms with Crippen molar-refractivity contribution in [3.05, 3.63) is 35.9 Å². The summed E-state index contributed by atoms with van der Waals surface area (Å²) in [7, 11) is 0. The van der Waals surface area contributed by atoms with Crippen molar-refractivity contribution in [3.63, 3.8) is 0 Å². The average Bonchev–Trinajstić information content (AvgIpc) is 2.53. The van der Waals surface area contributed by atoms with E-state index in [-0.39, 0.29) is 11.7 Å². The minimum absolute atomic E-state index is 0.0706. The number of benzene rings is 1. The topological polar surface area (TPSA) is 43.1 Å². The fraction of sp³-hybridized carbons (Fsp3) is 0.300. The number of hydrogen-bond donors (Lipinski definition) is 1. The summed E-state index contributed by atoms with van der Waals surface area (Å²) in [6.45, 7) is 1.78. The maximum Gasteiger partial charge on any atom is 0.163 e. The Morgan fingerprint density at radius 2 is 1.83 bits per heavy atom. The van der Waals surface area contributed by atoms with Gasteiger partial charge in [-0.1, -0.05) is 30.3 Å². The second-order valence-electron chi connectivity index (χ2n) is 3.49. The van der Waals surface area contributed by atoms with Crippen LogP contribution in [0.25, 0.3) is 0 Å². The second kappa shape index (κ2) is 2.17.